The van der Waals surface area contributed by atoms with Gasteiger partial charge in [-0.15, -0.1) is 0 Å². The van der Waals surface area contributed by atoms with Crippen LogP contribution in [0.3, 0.4) is 0 Å². The Bertz CT molecular complexity index is 692. The second-order valence-electron chi connectivity index (χ2n) is 4.99. The van der Waals surface area contributed by atoms with Gasteiger partial charge in [0.25, 0.3) is 11.6 Å². The van der Waals surface area contributed by atoms with E-state index in [0.29, 0.717) is 11.4 Å². The van der Waals surface area contributed by atoms with Crippen LogP contribution in [-0.2, 0) is 15.3 Å². The second-order valence-corrected chi connectivity index (χ2v) is 4.99. The van der Waals surface area contributed by atoms with Gasteiger partial charge >= 0.3 is 0 Å². The molecule has 1 unspecified atom stereocenters. The number of rotatable bonds is 3. The largest absolute Gasteiger partial charge is 0.346 e. The van der Waals surface area contributed by atoms with Crippen LogP contribution in [0.25, 0.3) is 0 Å². The van der Waals surface area contributed by atoms with Gasteiger partial charge in [-0.2, -0.15) is 0 Å². The van der Waals surface area contributed by atoms with Crippen LogP contribution in [0.15, 0.2) is 59.6 Å². The standard InChI is InChI=1S/C17H16N2O2/c1-12-8-10-13(11-9-12)15-18-16(20)17(19-15,21-2)14-6-4-3-5-7-14/h3-11H,1-2H3,(H,18,19,20). The summed E-state index contributed by atoms with van der Waals surface area (Å²) in [5, 5.41) is 2.82. The molecule has 0 spiro atoms. The lowest BCUT2D eigenvalue weighted by atomic mass is 10.0. The van der Waals surface area contributed by atoms with Crippen LogP contribution < -0.4 is 5.32 Å². The molecule has 1 amide bonds. The molecular formula is C17H16N2O2. The van der Waals surface area contributed by atoms with E-state index in [0.717, 1.165) is 11.1 Å². The fraction of sp³-hybridized carbons (Fsp3) is 0.176. The summed E-state index contributed by atoms with van der Waals surface area (Å²) < 4.78 is 5.47. The average Bonchev–Trinajstić information content (AvgIpc) is 2.87. The Morgan fingerprint density at radius 2 is 1.71 bits per heavy atom. The number of ether oxygens (including phenoxy) is 1. The van der Waals surface area contributed by atoms with Crippen molar-refractivity contribution in [3.8, 4) is 0 Å². The number of hydrogen-bond donors (Lipinski definition) is 1. The topological polar surface area (TPSA) is 50.7 Å². The minimum absolute atomic E-state index is 0.272. The highest BCUT2D eigenvalue weighted by Gasteiger charge is 2.45. The van der Waals surface area contributed by atoms with E-state index in [4.69, 9.17) is 4.74 Å². The molecule has 1 N–H and O–H groups in total. The minimum Gasteiger partial charge on any atom is -0.346 e. The summed E-state index contributed by atoms with van der Waals surface area (Å²) in [4.78, 5) is 17.0. The van der Waals surface area contributed by atoms with Gasteiger partial charge in [0, 0.05) is 18.2 Å². The summed E-state index contributed by atoms with van der Waals surface area (Å²) in [7, 11) is 1.49. The Morgan fingerprint density at radius 3 is 2.33 bits per heavy atom. The number of methoxy groups -OCH3 is 1. The van der Waals surface area contributed by atoms with Crippen LogP contribution in [0.2, 0.25) is 0 Å². The third-order valence-electron chi connectivity index (χ3n) is 3.59. The molecule has 1 atom stereocenters. The van der Waals surface area contributed by atoms with E-state index in [1.54, 1.807) is 0 Å². The van der Waals surface area contributed by atoms with Crippen molar-refractivity contribution >= 4 is 11.7 Å². The Kier molecular flexibility index (Phi) is 3.31. The first-order valence-electron chi connectivity index (χ1n) is 6.75. The fourth-order valence-electron chi connectivity index (χ4n) is 2.39. The monoisotopic (exact) mass is 280 g/mol. The SMILES string of the molecule is COC1(c2ccccc2)N=C(c2ccc(C)cc2)NC1=O. The van der Waals surface area contributed by atoms with Crippen molar-refractivity contribution in [3.63, 3.8) is 0 Å². The molecule has 3 rings (SSSR count). The number of benzene rings is 2. The molecule has 4 nitrogen and oxygen atoms in total. The predicted molar refractivity (Wildman–Crippen MR) is 81.0 cm³/mol. The van der Waals surface area contributed by atoms with E-state index in [1.165, 1.54) is 7.11 Å². The van der Waals surface area contributed by atoms with Crippen molar-refractivity contribution in [2.45, 2.75) is 12.6 Å². The smallest absolute Gasteiger partial charge is 0.285 e. The predicted octanol–water partition coefficient (Wildman–Crippen LogP) is 2.37. The van der Waals surface area contributed by atoms with Crippen molar-refractivity contribution in [1.82, 2.24) is 5.32 Å². The molecule has 21 heavy (non-hydrogen) atoms. The lowest BCUT2D eigenvalue weighted by Gasteiger charge is -2.21. The van der Waals surface area contributed by atoms with Gasteiger partial charge in [-0.3, -0.25) is 4.79 Å². The van der Waals surface area contributed by atoms with Gasteiger partial charge in [-0.25, -0.2) is 4.99 Å². The number of aliphatic imine (C=N–C) groups is 1. The van der Waals surface area contributed by atoms with Crippen molar-refractivity contribution < 1.29 is 9.53 Å². The summed E-state index contributed by atoms with van der Waals surface area (Å²) in [5.41, 5.74) is 1.43. The van der Waals surface area contributed by atoms with Crippen molar-refractivity contribution in [3.05, 3.63) is 71.3 Å². The van der Waals surface area contributed by atoms with Crippen molar-refractivity contribution in [2.75, 3.05) is 7.11 Å². The maximum Gasteiger partial charge on any atom is 0.285 e. The van der Waals surface area contributed by atoms with E-state index >= 15 is 0 Å². The Labute approximate surface area is 123 Å². The number of amidine groups is 1. The van der Waals surface area contributed by atoms with Crippen LogP contribution in [0.1, 0.15) is 16.7 Å². The molecule has 0 saturated carbocycles. The Hall–Kier alpha value is -2.46. The van der Waals surface area contributed by atoms with Crippen LogP contribution in [-0.4, -0.2) is 18.9 Å². The van der Waals surface area contributed by atoms with Crippen LogP contribution in [0.4, 0.5) is 0 Å². The quantitative estimate of drug-likeness (QED) is 0.938. The number of nitrogens with zero attached hydrogens (tertiary/aromatic N) is 1. The zero-order valence-electron chi connectivity index (χ0n) is 12.0. The third-order valence-corrected chi connectivity index (χ3v) is 3.59. The van der Waals surface area contributed by atoms with E-state index in [1.807, 2.05) is 61.5 Å². The minimum atomic E-state index is -1.30. The number of carbonyl (C=O) groups is 1. The van der Waals surface area contributed by atoms with Gasteiger partial charge in [0.05, 0.1) is 0 Å². The molecule has 0 aliphatic carbocycles. The van der Waals surface area contributed by atoms with Crippen molar-refractivity contribution in [2.24, 2.45) is 4.99 Å². The summed E-state index contributed by atoms with van der Waals surface area (Å²) in [6.07, 6.45) is 0. The molecule has 1 aliphatic rings. The first-order chi connectivity index (χ1) is 10.2. The Morgan fingerprint density at radius 1 is 1.05 bits per heavy atom. The third kappa shape index (κ3) is 2.23. The first-order valence-corrected chi connectivity index (χ1v) is 6.75. The van der Waals surface area contributed by atoms with Gasteiger partial charge in [0.1, 0.15) is 5.84 Å². The lowest BCUT2D eigenvalue weighted by Crippen LogP contribution is -2.39. The molecular weight excluding hydrogens is 264 g/mol. The summed E-state index contributed by atoms with van der Waals surface area (Å²) in [6, 6.07) is 17.1. The molecule has 0 fully saturated rings. The highest BCUT2D eigenvalue weighted by atomic mass is 16.5. The van der Waals surface area contributed by atoms with Crippen LogP contribution in [0, 0.1) is 6.92 Å². The highest BCUT2D eigenvalue weighted by Crippen LogP contribution is 2.31. The summed E-state index contributed by atoms with van der Waals surface area (Å²) >= 11 is 0. The molecule has 4 heteroatoms. The van der Waals surface area contributed by atoms with E-state index in [-0.39, 0.29) is 5.91 Å². The summed E-state index contributed by atoms with van der Waals surface area (Å²) in [6.45, 7) is 2.02. The lowest BCUT2D eigenvalue weighted by molar-refractivity contribution is -0.140. The normalized spacial score (nSPS) is 21.0. The number of hydrogen-bond acceptors (Lipinski definition) is 3. The number of amides is 1. The van der Waals surface area contributed by atoms with Crippen LogP contribution >= 0.6 is 0 Å². The zero-order valence-corrected chi connectivity index (χ0v) is 12.0. The van der Waals surface area contributed by atoms with Crippen molar-refractivity contribution in [1.29, 1.82) is 0 Å². The zero-order chi connectivity index (χ0) is 14.9. The second kappa shape index (κ2) is 5.14. The first kappa shape index (κ1) is 13.5. The molecule has 0 aromatic heterocycles. The molecule has 0 radical (unpaired) electrons. The number of nitrogens with one attached hydrogen (secondary N) is 1. The van der Waals surface area contributed by atoms with Gasteiger partial charge in [0.15, 0.2) is 0 Å². The van der Waals surface area contributed by atoms with Gasteiger partial charge in [-0.1, -0.05) is 60.2 Å². The molecule has 0 bridgehead atoms. The number of carbonyl (C=O) groups excluding carboxylic acids is 1. The van der Waals surface area contributed by atoms with Gasteiger partial charge in [0.2, 0.25) is 0 Å². The van der Waals surface area contributed by atoms with Gasteiger partial charge in [-0.05, 0) is 6.92 Å². The molecule has 1 aliphatic heterocycles. The maximum absolute atomic E-state index is 12.4. The van der Waals surface area contributed by atoms with Crippen LogP contribution in [0.5, 0.6) is 0 Å². The summed E-state index contributed by atoms with van der Waals surface area (Å²) in [5.74, 6) is 0.262. The molecule has 106 valence electrons. The molecule has 0 saturated heterocycles. The van der Waals surface area contributed by atoms with Gasteiger partial charge < -0.3 is 10.1 Å². The van der Waals surface area contributed by atoms with E-state index in [2.05, 4.69) is 10.3 Å². The number of aryl methyl sites for hydroxylation is 1. The van der Waals surface area contributed by atoms with E-state index in [9.17, 15) is 4.79 Å². The maximum atomic E-state index is 12.4. The molecule has 2 aromatic rings. The van der Waals surface area contributed by atoms with E-state index < -0.39 is 5.72 Å². The molecule has 1 heterocycles. The average molecular weight is 280 g/mol. The fourth-order valence-corrected chi connectivity index (χ4v) is 2.39. The Balaban J connectivity index is 2.06. The molecule has 2 aromatic carbocycles. The highest BCUT2D eigenvalue weighted by molar-refractivity contribution is 6.14.